The van der Waals surface area contributed by atoms with Crippen LogP contribution >= 0.6 is 0 Å². The first-order chi connectivity index (χ1) is 8.58. The number of Topliss-reactive ketones (excluding diaryl/α,β-unsaturated/α-hetero) is 1. The monoisotopic (exact) mass is 248 g/mol. The molecule has 1 atom stereocenters. The van der Waals surface area contributed by atoms with Gasteiger partial charge in [0, 0.05) is 0 Å². The van der Waals surface area contributed by atoms with Crippen molar-refractivity contribution in [2.45, 2.75) is 12.8 Å². The number of esters is 1. The van der Waals surface area contributed by atoms with Crippen molar-refractivity contribution >= 4 is 11.8 Å². The highest BCUT2D eigenvalue weighted by atomic mass is 16.6. The van der Waals surface area contributed by atoms with Crippen LogP contribution in [0, 0.1) is 0 Å². The van der Waals surface area contributed by atoms with E-state index < -0.39 is 5.97 Å². The average molecular weight is 248 g/mol. The molecule has 1 rings (SSSR count). The largest absolute Gasteiger partial charge is 0.482 e. The maximum Gasteiger partial charge on any atom is 0.343 e. The third-order valence-corrected chi connectivity index (χ3v) is 2.50. The lowest BCUT2D eigenvalue weighted by atomic mass is 9.96. The highest BCUT2D eigenvalue weighted by Gasteiger charge is 2.12. The van der Waals surface area contributed by atoms with Crippen molar-refractivity contribution in [2.24, 2.45) is 0 Å². The molecule has 0 radical (unpaired) electrons. The van der Waals surface area contributed by atoms with E-state index in [-0.39, 0.29) is 18.3 Å². The summed E-state index contributed by atoms with van der Waals surface area (Å²) in [5.74, 6) is -0.157. The Balaban J connectivity index is 2.70. The first-order valence-electron chi connectivity index (χ1n) is 5.51. The van der Waals surface area contributed by atoms with Gasteiger partial charge in [-0.15, -0.1) is 6.58 Å². The van der Waals surface area contributed by atoms with Gasteiger partial charge in [0.05, 0.1) is 13.0 Å². The van der Waals surface area contributed by atoms with E-state index in [4.69, 9.17) is 4.74 Å². The average Bonchev–Trinajstić information content (AvgIpc) is 2.37. The van der Waals surface area contributed by atoms with Crippen molar-refractivity contribution in [1.29, 1.82) is 0 Å². The molecular formula is C14H16O4. The molecule has 1 aromatic carbocycles. The van der Waals surface area contributed by atoms with Gasteiger partial charge in [-0.1, -0.05) is 18.2 Å². The van der Waals surface area contributed by atoms with E-state index in [1.54, 1.807) is 30.3 Å². The molecule has 0 aliphatic carbocycles. The van der Waals surface area contributed by atoms with Crippen molar-refractivity contribution in [3.63, 3.8) is 0 Å². The molecule has 4 nitrogen and oxygen atoms in total. The number of rotatable bonds is 6. The molecule has 0 spiro atoms. The fourth-order valence-electron chi connectivity index (χ4n) is 1.51. The Morgan fingerprint density at radius 3 is 2.39 bits per heavy atom. The zero-order chi connectivity index (χ0) is 13.5. The third-order valence-electron chi connectivity index (χ3n) is 2.50. The van der Waals surface area contributed by atoms with Crippen molar-refractivity contribution in [2.75, 3.05) is 13.7 Å². The highest BCUT2D eigenvalue weighted by molar-refractivity contribution is 5.85. The van der Waals surface area contributed by atoms with Gasteiger partial charge in [-0.2, -0.15) is 0 Å². The Labute approximate surface area is 106 Å². The fraction of sp³-hybridized carbons (Fsp3) is 0.286. The molecule has 0 N–H and O–H groups in total. The summed E-state index contributed by atoms with van der Waals surface area (Å²) in [6.07, 6.45) is 1.60. The SMILES string of the molecule is C=CC(C(C)=O)c1ccc(OCC(=O)OC)cc1. The lowest BCUT2D eigenvalue weighted by molar-refractivity contribution is -0.142. The van der Waals surface area contributed by atoms with Crippen LogP contribution in [0.1, 0.15) is 18.4 Å². The number of allylic oxidation sites excluding steroid dienone is 1. The molecule has 0 amide bonds. The first kappa shape index (κ1) is 14.0. The van der Waals surface area contributed by atoms with Crippen molar-refractivity contribution in [3.05, 3.63) is 42.5 Å². The van der Waals surface area contributed by atoms with Crippen LogP contribution in [0.5, 0.6) is 5.75 Å². The molecule has 0 aliphatic heterocycles. The van der Waals surface area contributed by atoms with Gasteiger partial charge < -0.3 is 9.47 Å². The van der Waals surface area contributed by atoms with Crippen LogP contribution in [0.15, 0.2) is 36.9 Å². The second kappa shape index (κ2) is 6.59. The number of carbonyl (C=O) groups is 2. The summed E-state index contributed by atoms with van der Waals surface area (Å²) in [6.45, 7) is 5.03. The summed E-state index contributed by atoms with van der Waals surface area (Å²) in [7, 11) is 1.30. The van der Waals surface area contributed by atoms with E-state index in [1.807, 2.05) is 0 Å². The van der Waals surface area contributed by atoms with Crippen LogP contribution in [0.2, 0.25) is 0 Å². The van der Waals surface area contributed by atoms with Crippen LogP contribution < -0.4 is 4.74 Å². The first-order valence-corrected chi connectivity index (χ1v) is 5.51. The molecule has 4 heteroatoms. The summed E-state index contributed by atoms with van der Waals surface area (Å²) in [5, 5.41) is 0. The van der Waals surface area contributed by atoms with Gasteiger partial charge in [0.15, 0.2) is 6.61 Å². The topological polar surface area (TPSA) is 52.6 Å². The van der Waals surface area contributed by atoms with E-state index in [0.29, 0.717) is 5.75 Å². The summed E-state index contributed by atoms with van der Waals surface area (Å²) < 4.78 is 9.66. The van der Waals surface area contributed by atoms with Gasteiger partial charge in [0.1, 0.15) is 11.5 Å². The van der Waals surface area contributed by atoms with E-state index in [2.05, 4.69) is 11.3 Å². The van der Waals surface area contributed by atoms with Crippen LogP contribution in [-0.4, -0.2) is 25.5 Å². The predicted molar refractivity (Wildman–Crippen MR) is 67.6 cm³/mol. The zero-order valence-corrected chi connectivity index (χ0v) is 10.5. The Bertz CT molecular complexity index is 434. The minimum Gasteiger partial charge on any atom is -0.482 e. The zero-order valence-electron chi connectivity index (χ0n) is 10.5. The van der Waals surface area contributed by atoms with E-state index >= 15 is 0 Å². The second-order valence-electron chi connectivity index (χ2n) is 3.76. The molecule has 0 heterocycles. The van der Waals surface area contributed by atoms with Gasteiger partial charge in [-0.05, 0) is 24.6 Å². The van der Waals surface area contributed by atoms with Crippen molar-refractivity contribution < 1.29 is 19.1 Å². The molecule has 0 saturated heterocycles. The maximum absolute atomic E-state index is 11.4. The van der Waals surface area contributed by atoms with Gasteiger partial charge in [-0.25, -0.2) is 4.79 Å². The lowest BCUT2D eigenvalue weighted by Gasteiger charge is -2.10. The van der Waals surface area contributed by atoms with Crippen molar-refractivity contribution in [3.8, 4) is 5.75 Å². The Kier molecular flexibility index (Phi) is 5.11. The molecule has 0 aromatic heterocycles. The quantitative estimate of drug-likeness (QED) is 0.571. The molecule has 18 heavy (non-hydrogen) atoms. The number of ketones is 1. The number of benzene rings is 1. The fourth-order valence-corrected chi connectivity index (χ4v) is 1.51. The minimum atomic E-state index is -0.438. The molecule has 1 unspecified atom stereocenters. The summed E-state index contributed by atoms with van der Waals surface area (Å²) in [6, 6.07) is 6.97. The Hall–Kier alpha value is -2.10. The summed E-state index contributed by atoms with van der Waals surface area (Å²) >= 11 is 0. The smallest absolute Gasteiger partial charge is 0.343 e. The van der Waals surface area contributed by atoms with Crippen molar-refractivity contribution in [1.82, 2.24) is 0 Å². The van der Waals surface area contributed by atoms with E-state index in [0.717, 1.165) is 5.56 Å². The third kappa shape index (κ3) is 3.73. The molecule has 0 saturated carbocycles. The summed E-state index contributed by atoms with van der Waals surface area (Å²) in [4.78, 5) is 22.2. The Morgan fingerprint density at radius 1 is 1.33 bits per heavy atom. The standard InChI is InChI=1S/C14H16O4/c1-4-13(10(2)15)11-5-7-12(8-6-11)18-9-14(16)17-3/h4-8,13H,1,9H2,2-3H3. The number of methoxy groups -OCH3 is 1. The number of carbonyl (C=O) groups excluding carboxylic acids is 2. The van der Waals surface area contributed by atoms with Gasteiger partial charge in [0.25, 0.3) is 0 Å². The predicted octanol–water partition coefficient (Wildman–Crippen LogP) is 2.10. The normalized spacial score (nSPS) is 11.4. The summed E-state index contributed by atoms with van der Waals surface area (Å²) in [5.41, 5.74) is 0.850. The van der Waals surface area contributed by atoms with Crippen LogP contribution in [0.25, 0.3) is 0 Å². The minimum absolute atomic E-state index is 0.0354. The van der Waals surface area contributed by atoms with E-state index in [1.165, 1.54) is 14.0 Å². The maximum atomic E-state index is 11.4. The van der Waals surface area contributed by atoms with E-state index in [9.17, 15) is 9.59 Å². The molecule has 1 aromatic rings. The number of ether oxygens (including phenoxy) is 2. The lowest BCUT2D eigenvalue weighted by Crippen LogP contribution is -2.12. The van der Waals surface area contributed by atoms with Crippen LogP contribution in [0.4, 0.5) is 0 Å². The molecule has 0 aliphatic rings. The second-order valence-corrected chi connectivity index (χ2v) is 3.76. The number of hydrogen-bond acceptors (Lipinski definition) is 4. The molecular weight excluding hydrogens is 232 g/mol. The molecule has 0 fully saturated rings. The van der Waals surface area contributed by atoms with Gasteiger partial charge in [0.2, 0.25) is 0 Å². The van der Waals surface area contributed by atoms with Gasteiger partial charge in [-0.3, -0.25) is 4.79 Å². The molecule has 0 bridgehead atoms. The highest BCUT2D eigenvalue weighted by Crippen LogP contribution is 2.21. The molecule has 96 valence electrons. The number of hydrogen-bond donors (Lipinski definition) is 0. The van der Waals surface area contributed by atoms with Crippen LogP contribution in [-0.2, 0) is 14.3 Å². The van der Waals surface area contributed by atoms with Crippen LogP contribution in [0.3, 0.4) is 0 Å². The van der Waals surface area contributed by atoms with Gasteiger partial charge >= 0.3 is 5.97 Å². The Morgan fingerprint density at radius 2 is 1.94 bits per heavy atom.